The van der Waals surface area contributed by atoms with Gasteiger partial charge in [-0.3, -0.25) is 4.90 Å². The Morgan fingerprint density at radius 2 is 2.00 bits per heavy atom. The Balaban J connectivity index is 1.82. The molecule has 0 saturated carbocycles. The minimum absolute atomic E-state index is 0.680. The number of rotatable bonds is 5. The molecule has 0 unspecified atom stereocenters. The predicted octanol–water partition coefficient (Wildman–Crippen LogP) is 1.71. The lowest BCUT2D eigenvalue weighted by Gasteiger charge is -2.26. The van der Waals surface area contributed by atoms with E-state index in [2.05, 4.69) is 4.90 Å². The topological polar surface area (TPSA) is 30.9 Å². The number of ether oxygens (including phenoxy) is 3. The van der Waals surface area contributed by atoms with Crippen molar-refractivity contribution in [3.05, 3.63) is 23.8 Å². The second-order valence-corrected chi connectivity index (χ2v) is 4.46. The average molecular weight is 251 g/mol. The first kappa shape index (κ1) is 13.2. The van der Waals surface area contributed by atoms with Crippen LogP contribution in [0, 0.1) is 6.92 Å². The van der Waals surface area contributed by atoms with Crippen molar-refractivity contribution in [1.29, 1.82) is 0 Å². The number of methoxy groups -OCH3 is 1. The first-order valence-electron chi connectivity index (χ1n) is 6.37. The molecule has 2 rings (SSSR count). The molecule has 1 aliphatic heterocycles. The molecule has 18 heavy (non-hydrogen) atoms. The summed E-state index contributed by atoms with van der Waals surface area (Å²) >= 11 is 0. The van der Waals surface area contributed by atoms with Crippen molar-refractivity contribution in [2.45, 2.75) is 6.92 Å². The van der Waals surface area contributed by atoms with Crippen LogP contribution in [0.5, 0.6) is 11.5 Å². The van der Waals surface area contributed by atoms with Crippen LogP contribution in [0.4, 0.5) is 0 Å². The van der Waals surface area contributed by atoms with E-state index in [4.69, 9.17) is 14.2 Å². The normalized spacial score (nSPS) is 16.6. The summed E-state index contributed by atoms with van der Waals surface area (Å²) in [7, 11) is 1.67. The van der Waals surface area contributed by atoms with Crippen molar-refractivity contribution in [2.75, 3.05) is 46.6 Å². The molecule has 0 radical (unpaired) electrons. The van der Waals surface area contributed by atoms with Crippen LogP contribution in [0.2, 0.25) is 0 Å². The Morgan fingerprint density at radius 1 is 1.22 bits per heavy atom. The number of aryl methyl sites for hydroxylation is 1. The number of nitrogens with zero attached hydrogens (tertiary/aromatic N) is 1. The van der Waals surface area contributed by atoms with Gasteiger partial charge in [-0.05, 0) is 24.6 Å². The highest BCUT2D eigenvalue weighted by Gasteiger charge is 2.10. The van der Waals surface area contributed by atoms with Gasteiger partial charge in [0.2, 0.25) is 0 Å². The molecule has 0 N–H and O–H groups in total. The predicted molar refractivity (Wildman–Crippen MR) is 70.5 cm³/mol. The summed E-state index contributed by atoms with van der Waals surface area (Å²) in [6.07, 6.45) is 0. The summed E-state index contributed by atoms with van der Waals surface area (Å²) in [5.41, 5.74) is 1.17. The van der Waals surface area contributed by atoms with Gasteiger partial charge in [0.05, 0.1) is 20.3 Å². The van der Waals surface area contributed by atoms with Gasteiger partial charge in [-0.1, -0.05) is 6.07 Å². The maximum Gasteiger partial charge on any atom is 0.161 e. The first-order valence-corrected chi connectivity index (χ1v) is 6.37. The molecule has 1 fully saturated rings. The lowest BCUT2D eigenvalue weighted by molar-refractivity contribution is 0.0321. The summed E-state index contributed by atoms with van der Waals surface area (Å²) in [5.74, 6) is 1.62. The van der Waals surface area contributed by atoms with Crippen LogP contribution in [0.1, 0.15) is 5.56 Å². The Morgan fingerprint density at radius 3 is 2.72 bits per heavy atom. The lowest BCUT2D eigenvalue weighted by Crippen LogP contribution is -2.38. The van der Waals surface area contributed by atoms with Gasteiger partial charge in [0, 0.05) is 19.6 Å². The van der Waals surface area contributed by atoms with Gasteiger partial charge in [0.1, 0.15) is 6.61 Å². The molecule has 0 atom stereocenters. The van der Waals surface area contributed by atoms with E-state index in [9.17, 15) is 0 Å². The van der Waals surface area contributed by atoms with E-state index < -0.39 is 0 Å². The van der Waals surface area contributed by atoms with Crippen LogP contribution in [-0.4, -0.2) is 51.5 Å². The molecule has 1 aliphatic rings. The van der Waals surface area contributed by atoms with Crippen LogP contribution in [0.15, 0.2) is 18.2 Å². The van der Waals surface area contributed by atoms with Gasteiger partial charge in [-0.15, -0.1) is 0 Å². The molecule has 0 spiro atoms. The van der Waals surface area contributed by atoms with Crippen molar-refractivity contribution in [3.8, 4) is 11.5 Å². The van der Waals surface area contributed by atoms with Crippen molar-refractivity contribution >= 4 is 0 Å². The molecule has 100 valence electrons. The highest BCUT2D eigenvalue weighted by Crippen LogP contribution is 2.27. The molecular formula is C14H21NO3. The zero-order valence-corrected chi connectivity index (χ0v) is 11.1. The third kappa shape index (κ3) is 3.62. The standard InChI is InChI=1S/C14H21NO3/c1-12-3-4-13(14(11-12)16-2)18-10-7-15-5-8-17-9-6-15/h3-4,11H,5-10H2,1-2H3. The van der Waals surface area contributed by atoms with E-state index in [1.54, 1.807) is 7.11 Å². The van der Waals surface area contributed by atoms with Crippen LogP contribution in [-0.2, 0) is 4.74 Å². The maximum atomic E-state index is 5.78. The Bertz CT molecular complexity index is 375. The van der Waals surface area contributed by atoms with E-state index in [0.717, 1.165) is 44.3 Å². The third-order valence-electron chi connectivity index (χ3n) is 3.09. The quantitative estimate of drug-likeness (QED) is 0.797. The fourth-order valence-electron chi connectivity index (χ4n) is 2.00. The monoisotopic (exact) mass is 251 g/mol. The number of hydrogen-bond donors (Lipinski definition) is 0. The Kier molecular flexibility index (Phi) is 4.84. The first-order chi connectivity index (χ1) is 8.79. The highest BCUT2D eigenvalue weighted by molar-refractivity contribution is 5.42. The van der Waals surface area contributed by atoms with Crippen LogP contribution >= 0.6 is 0 Å². The van der Waals surface area contributed by atoms with Gasteiger partial charge in [0.25, 0.3) is 0 Å². The second kappa shape index (κ2) is 6.61. The number of hydrogen-bond acceptors (Lipinski definition) is 4. The SMILES string of the molecule is COc1cc(C)ccc1OCCN1CCOCC1. The minimum Gasteiger partial charge on any atom is -0.493 e. The highest BCUT2D eigenvalue weighted by atomic mass is 16.5. The van der Waals surface area contributed by atoms with Crippen molar-refractivity contribution in [1.82, 2.24) is 4.90 Å². The molecule has 0 aliphatic carbocycles. The molecule has 0 amide bonds. The van der Waals surface area contributed by atoms with Crippen molar-refractivity contribution in [3.63, 3.8) is 0 Å². The molecule has 4 nitrogen and oxygen atoms in total. The minimum atomic E-state index is 0.680. The average Bonchev–Trinajstić information content (AvgIpc) is 2.41. The third-order valence-corrected chi connectivity index (χ3v) is 3.09. The van der Waals surface area contributed by atoms with Crippen molar-refractivity contribution in [2.24, 2.45) is 0 Å². The van der Waals surface area contributed by atoms with E-state index in [1.165, 1.54) is 5.56 Å². The lowest BCUT2D eigenvalue weighted by atomic mass is 10.2. The molecule has 4 heteroatoms. The zero-order chi connectivity index (χ0) is 12.8. The van der Waals surface area contributed by atoms with Gasteiger partial charge in [0.15, 0.2) is 11.5 Å². The Hall–Kier alpha value is -1.26. The van der Waals surface area contributed by atoms with Gasteiger partial charge < -0.3 is 14.2 Å². The van der Waals surface area contributed by atoms with Crippen LogP contribution in [0.3, 0.4) is 0 Å². The Labute approximate surface area is 108 Å². The molecule has 1 aromatic carbocycles. The smallest absolute Gasteiger partial charge is 0.161 e. The van der Waals surface area contributed by atoms with E-state index in [-0.39, 0.29) is 0 Å². The van der Waals surface area contributed by atoms with E-state index in [0.29, 0.717) is 6.61 Å². The summed E-state index contributed by atoms with van der Waals surface area (Å²) < 4.78 is 16.4. The van der Waals surface area contributed by atoms with Gasteiger partial charge in [-0.2, -0.15) is 0 Å². The molecule has 1 aromatic rings. The summed E-state index contributed by atoms with van der Waals surface area (Å²) in [6.45, 7) is 7.30. The van der Waals surface area contributed by atoms with Crippen LogP contribution in [0.25, 0.3) is 0 Å². The fourth-order valence-corrected chi connectivity index (χ4v) is 2.00. The summed E-state index contributed by atoms with van der Waals surface area (Å²) in [6, 6.07) is 5.99. The summed E-state index contributed by atoms with van der Waals surface area (Å²) in [4.78, 5) is 2.35. The molecule has 1 heterocycles. The van der Waals surface area contributed by atoms with Gasteiger partial charge >= 0.3 is 0 Å². The van der Waals surface area contributed by atoms with Gasteiger partial charge in [-0.25, -0.2) is 0 Å². The van der Waals surface area contributed by atoms with E-state index in [1.807, 2.05) is 25.1 Å². The largest absolute Gasteiger partial charge is 0.493 e. The molecule has 1 saturated heterocycles. The maximum absolute atomic E-state index is 5.78. The molecule has 0 bridgehead atoms. The van der Waals surface area contributed by atoms with Crippen LogP contribution < -0.4 is 9.47 Å². The molecule has 0 aromatic heterocycles. The van der Waals surface area contributed by atoms with E-state index >= 15 is 0 Å². The second-order valence-electron chi connectivity index (χ2n) is 4.46. The zero-order valence-electron chi connectivity index (χ0n) is 11.1. The number of benzene rings is 1. The van der Waals surface area contributed by atoms with Crippen molar-refractivity contribution < 1.29 is 14.2 Å². The summed E-state index contributed by atoms with van der Waals surface area (Å²) in [5, 5.41) is 0. The molecular weight excluding hydrogens is 230 g/mol. The number of morpholine rings is 1. The fraction of sp³-hybridized carbons (Fsp3) is 0.571.